The molecule has 0 N–H and O–H groups in total. The number of amides is 2. The van der Waals surface area contributed by atoms with E-state index < -0.39 is 0 Å². The second-order valence-corrected chi connectivity index (χ2v) is 7.99. The first-order valence-corrected chi connectivity index (χ1v) is 11.0. The molecule has 1 aliphatic heterocycles. The summed E-state index contributed by atoms with van der Waals surface area (Å²) in [6.45, 7) is 3.92. The number of ether oxygens (including phenoxy) is 1. The number of hydrogen-bond donors (Lipinski definition) is 0. The Morgan fingerprint density at radius 1 is 0.969 bits per heavy atom. The molecule has 0 aliphatic carbocycles. The van der Waals surface area contributed by atoms with Crippen molar-refractivity contribution in [3.8, 4) is 5.75 Å². The summed E-state index contributed by atoms with van der Waals surface area (Å²) < 4.78 is 5.44. The van der Waals surface area contributed by atoms with Crippen LogP contribution in [0.2, 0.25) is 0 Å². The van der Waals surface area contributed by atoms with Crippen molar-refractivity contribution in [1.29, 1.82) is 0 Å². The highest BCUT2D eigenvalue weighted by Crippen LogP contribution is 2.43. The fraction of sp³-hybridized carbons (Fsp3) is 0.259. The van der Waals surface area contributed by atoms with Crippen LogP contribution in [-0.2, 0) is 4.79 Å². The molecule has 0 saturated carbocycles. The summed E-state index contributed by atoms with van der Waals surface area (Å²) >= 11 is 0. The quantitative estimate of drug-likeness (QED) is 0.530. The molecule has 0 radical (unpaired) electrons. The summed E-state index contributed by atoms with van der Waals surface area (Å²) in [6, 6.07) is 24.7. The molecule has 0 unspecified atom stereocenters. The third-order valence-electron chi connectivity index (χ3n) is 6.03. The van der Waals surface area contributed by atoms with Crippen LogP contribution in [0.15, 0.2) is 78.9 Å². The lowest BCUT2D eigenvalue weighted by atomic mass is 9.89. The molecule has 1 aliphatic rings. The number of fused-ring (bicyclic) bond motifs is 1. The van der Waals surface area contributed by atoms with Crippen LogP contribution in [-0.4, -0.2) is 25.0 Å². The third kappa shape index (κ3) is 3.86. The Labute approximate surface area is 189 Å². The molecule has 164 valence electrons. The topological polar surface area (TPSA) is 49.9 Å². The maximum Gasteiger partial charge on any atom is 0.262 e. The zero-order valence-electron chi connectivity index (χ0n) is 18.7. The SMILES string of the molecule is CCC(=O)N(c1ccccc1)[C@H]1C[C@@H](C)N(C(=O)c2ccccc2OC)c2ccccc21. The van der Waals surface area contributed by atoms with Crippen LogP contribution < -0.4 is 14.5 Å². The van der Waals surface area contributed by atoms with E-state index in [0.29, 0.717) is 24.2 Å². The average Bonchev–Trinajstić information content (AvgIpc) is 2.84. The fourth-order valence-corrected chi connectivity index (χ4v) is 4.54. The smallest absolute Gasteiger partial charge is 0.262 e. The number of rotatable bonds is 5. The molecule has 0 bridgehead atoms. The lowest BCUT2D eigenvalue weighted by Crippen LogP contribution is -2.47. The van der Waals surface area contributed by atoms with Crippen LogP contribution in [0.25, 0.3) is 0 Å². The summed E-state index contributed by atoms with van der Waals surface area (Å²) in [5.74, 6) is 0.512. The Morgan fingerprint density at radius 2 is 1.62 bits per heavy atom. The lowest BCUT2D eigenvalue weighted by molar-refractivity contribution is -0.118. The van der Waals surface area contributed by atoms with Crippen molar-refractivity contribution >= 4 is 23.2 Å². The molecule has 2 atom stereocenters. The van der Waals surface area contributed by atoms with E-state index in [1.165, 1.54) is 0 Å². The first kappa shape index (κ1) is 21.6. The summed E-state index contributed by atoms with van der Waals surface area (Å²) in [4.78, 5) is 30.5. The van der Waals surface area contributed by atoms with Gasteiger partial charge in [0.15, 0.2) is 0 Å². The molecule has 4 rings (SSSR count). The molecular formula is C27H28N2O3. The molecule has 3 aromatic rings. The summed E-state index contributed by atoms with van der Waals surface area (Å²) in [5.41, 5.74) is 3.20. The molecule has 0 spiro atoms. The number of carbonyl (C=O) groups excluding carboxylic acids is 2. The van der Waals surface area contributed by atoms with E-state index in [4.69, 9.17) is 4.74 Å². The number of nitrogens with zero attached hydrogens (tertiary/aromatic N) is 2. The van der Waals surface area contributed by atoms with E-state index in [1.807, 2.05) is 90.4 Å². The van der Waals surface area contributed by atoms with Crippen LogP contribution in [0.4, 0.5) is 11.4 Å². The van der Waals surface area contributed by atoms with Gasteiger partial charge in [-0.1, -0.05) is 55.5 Å². The van der Waals surface area contributed by atoms with Gasteiger partial charge in [-0.25, -0.2) is 0 Å². The van der Waals surface area contributed by atoms with Crippen LogP contribution in [0.5, 0.6) is 5.75 Å². The zero-order chi connectivity index (χ0) is 22.7. The van der Waals surface area contributed by atoms with Gasteiger partial charge in [0.1, 0.15) is 5.75 Å². The molecule has 1 heterocycles. The minimum absolute atomic E-state index is 0.0627. The van der Waals surface area contributed by atoms with Gasteiger partial charge in [-0.3, -0.25) is 9.59 Å². The summed E-state index contributed by atoms with van der Waals surface area (Å²) in [6.07, 6.45) is 1.05. The van der Waals surface area contributed by atoms with Crippen molar-refractivity contribution in [1.82, 2.24) is 0 Å². The van der Waals surface area contributed by atoms with E-state index in [0.717, 1.165) is 16.9 Å². The van der Waals surface area contributed by atoms with Crippen molar-refractivity contribution in [3.05, 3.63) is 90.0 Å². The van der Waals surface area contributed by atoms with Crippen LogP contribution in [0.1, 0.15) is 48.7 Å². The monoisotopic (exact) mass is 428 g/mol. The molecule has 2 amide bonds. The number of hydrogen-bond acceptors (Lipinski definition) is 3. The highest BCUT2D eigenvalue weighted by atomic mass is 16.5. The molecule has 32 heavy (non-hydrogen) atoms. The van der Waals surface area contributed by atoms with Gasteiger partial charge in [0.2, 0.25) is 5.91 Å². The van der Waals surface area contributed by atoms with E-state index in [2.05, 4.69) is 0 Å². The molecular weight excluding hydrogens is 400 g/mol. The number of anilines is 2. The molecule has 0 fully saturated rings. The average molecular weight is 429 g/mol. The molecule has 3 aromatic carbocycles. The Balaban J connectivity index is 1.80. The first-order valence-electron chi connectivity index (χ1n) is 11.0. The Bertz CT molecular complexity index is 1110. The Morgan fingerprint density at radius 3 is 2.34 bits per heavy atom. The van der Waals surface area contributed by atoms with Gasteiger partial charge in [-0.15, -0.1) is 0 Å². The van der Waals surface area contributed by atoms with E-state index >= 15 is 0 Å². The first-order chi connectivity index (χ1) is 15.6. The van der Waals surface area contributed by atoms with Crippen molar-refractivity contribution in [2.45, 2.75) is 38.8 Å². The summed E-state index contributed by atoms with van der Waals surface area (Å²) in [7, 11) is 1.57. The van der Waals surface area contributed by atoms with E-state index in [9.17, 15) is 9.59 Å². The van der Waals surface area contributed by atoms with Gasteiger partial charge < -0.3 is 14.5 Å². The van der Waals surface area contributed by atoms with Crippen LogP contribution in [0, 0.1) is 0 Å². The molecule has 5 heteroatoms. The molecule has 0 saturated heterocycles. The number of methoxy groups -OCH3 is 1. The zero-order valence-corrected chi connectivity index (χ0v) is 18.7. The Hall–Kier alpha value is -3.60. The van der Waals surface area contributed by atoms with Crippen molar-refractivity contribution < 1.29 is 14.3 Å². The van der Waals surface area contributed by atoms with Gasteiger partial charge in [0.25, 0.3) is 5.91 Å². The van der Waals surface area contributed by atoms with Crippen LogP contribution >= 0.6 is 0 Å². The molecule has 5 nitrogen and oxygen atoms in total. The fourth-order valence-electron chi connectivity index (χ4n) is 4.54. The third-order valence-corrected chi connectivity index (χ3v) is 6.03. The van der Waals surface area contributed by atoms with Crippen molar-refractivity contribution in [3.63, 3.8) is 0 Å². The minimum Gasteiger partial charge on any atom is -0.496 e. The highest BCUT2D eigenvalue weighted by Gasteiger charge is 2.38. The molecule has 0 aromatic heterocycles. The van der Waals surface area contributed by atoms with Crippen LogP contribution in [0.3, 0.4) is 0 Å². The maximum absolute atomic E-state index is 13.7. The lowest BCUT2D eigenvalue weighted by Gasteiger charge is -2.43. The largest absolute Gasteiger partial charge is 0.496 e. The van der Waals surface area contributed by atoms with Gasteiger partial charge in [-0.05, 0) is 49.2 Å². The van der Waals surface area contributed by atoms with Gasteiger partial charge in [-0.2, -0.15) is 0 Å². The van der Waals surface area contributed by atoms with Gasteiger partial charge >= 0.3 is 0 Å². The summed E-state index contributed by atoms with van der Waals surface area (Å²) in [5, 5.41) is 0. The highest BCUT2D eigenvalue weighted by molar-refractivity contribution is 6.09. The van der Waals surface area contributed by atoms with E-state index in [-0.39, 0.29) is 23.9 Å². The predicted molar refractivity (Wildman–Crippen MR) is 127 cm³/mol. The maximum atomic E-state index is 13.7. The second kappa shape index (κ2) is 9.27. The number of carbonyl (C=O) groups is 2. The normalized spacial score (nSPS) is 17.4. The van der Waals surface area contributed by atoms with Gasteiger partial charge in [0, 0.05) is 23.8 Å². The van der Waals surface area contributed by atoms with Crippen molar-refractivity contribution in [2.24, 2.45) is 0 Å². The second-order valence-electron chi connectivity index (χ2n) is 7.99. The number of para-hydroxylation sites is 3. The minimum atomic E-state index is -0.155. The van der Waals surface area contributed by atoms with E-state index in [1.54, 1.807) is 19.2 Å². The predicted octanol–water partition coefficient (Wildman–Crippen LogP) is 5.62. The van der Waals surface area contributed by atoms with Gasteiger partial charge in [0.05, 0.1) is 18.7 Å². The Kier molecular flexibility index (Phi) is 6.26. The standard InChI is InChI=1S/C27H28N2O3/c1-4-26(30)29(20-12-6-5-7-13-20)24-18-19(2)28(23-16-10-8-14-21(23)24)27(31)22-15-9-11-17-25(22)32-3/h5-17,19,24H,4,18H2,1-3H3/t19-,24+/m1/s1. The number of benzene rings is 3. The van der Waals surface area contributed by atoms with Crippen molar-refractivity contribution in [2.75, 3.05) is 16.9 Å².